The quantitative estimate of drug-likeness (QED) is 0.613. The molecule has 1 saturated heterocycles. The highest BCUT2D eigenvalue weighted by molar-refractivity contribution is 5.83. The van der Waals surface area contributed by atoms with Gasteiger partial charge in [-0.1, -0.05) is 26.7 Å². The average molecular weight is 269 g/mol. The molecule has 1 aliphatic heterocycles. The Morgan fingerprint density at radius 1 is 1.42 bits per heavy atom. The Morgan fingerprint density at radius 3 is 2.47 bits per heavy atom. The Labute approximate surface area is 115 Å². The van der Waals surface area contributed by atoms with Crippen LogP contribution in [0.1, 0.15) is 52.4 Å². The van der Waals surface area contributed by atoms with Gasteiger partial charge in [0.15, 0.2) is 0 Å². The number of amides is 2. The van der Waals surface area contributed by atoms with Crippen molar-refractivity contribution in [2.24, 2.45) is 11.1 Å². The van der Waals surface area contributed by atoms with E-state index >= 15 is 0 Å². The lowest BCUT2D eigenvalue weighted by Crippen LogP contribution is -2.49. The fourth-order valence-corrected chi connectivity index (χ4v) is 2.84. The predicted octanol–water partition coefficient (Wildman–Crippen LogP) is 0.927. The number of hydrogen-bond donors (Lipinski definition) is 3. The van der Waals surface area contributed by atoms with E-state index < -0.39 is 5.41 Å². The SMILES string of the molecule is CCCC(CN)(CCC)C(=O)NCC1CCC(=O)N1. The molecule has 0 aliphatic carbocycles. The van der Waals surface area contributed by atoms with Crippen molar-refractivity contribution >= 4 is 11.8 Å². The minimum Gasteiger partial charge on any atom is -0.354 e. The van der Waals surface area contributed by atoms with Gasteiger partial charge in [0.1, 0.15) is 0 Å². The van der Waals surface area contributed by atoms with Crippen molar-refractivity contribution in [3.05, 3.63) is 0 Å². The fourth-order valence-electron chi connectivity index (χ4n) is 2.84. The molecule has 2 amide bonds. The maximum atomic E-state index is 12.4. The summed E-state index contributed by atoms with van der Waals surface area (Å²) in [5, 5.41) is 5.83. The Bertz CT molecular complexity index is 312. The van der Waals surface area contributed by atoms with Crippen molar-refractivity contribution < 1.29 is 9.59 Å². The molecule has 0 aromatic carbocycles. The van der Waals surface area contributed by atoms with E-state index in [1.807, 2.05) is 0 Å². The smallest absolute Gasteiger partial charge is 0.227 e. The second-order valence-corrected chi connectivity index (χ2v) is 5.50. The predicted molar refractivity (Wildman–Crippen MR) is 75.5 cm³/mol. The summed E-state index contributed by atoms with van der Waals surface area (Å²) in [7, 11) is 0. The molecule has 5 nitrogen and oxygen atoms in total. The van der Waals surface area contributed by atoms with Gasteiger partial charge in [0, 0.05) is 25.6 Å². The van der Waals surface area contributed by atoms with Crippen LogP contribution in [0.15, 0.2) is 0 Å². The number of nitrogens with one attached hydrogen (secondary N) is 2. The van der Waals surface area contributed by atoms with Crippen LogP contribution in [-0.4, -0.2) is 30.9 Å². The molecular formula is C14H27N3O2. The summed E-state index contributed by atoms with van der Waals surface area (Å²) in [6.45, 7) is 5.05. The molecule has 0 radical (unpaired) electrons. The molecule has 1 aliphatic rings. The van der Waals surface area contributed by atoms with Gasteiger partial charge in [0.25, 0.3) is 0 Å². The zero-order valence-corrected chi connectivity index (χ0v) is 12.1. The Hall–Kier alpha value is -1.10. The van der Waals surface area contributed by atoms with Gasteiger partial charge in [0.2, 0.25) is 11.8 Å². The van der Waals surface area contributed by atoms with Crippen LogP contribution in [0.2, 0.25) is 0 Å². The Kier molecular flexibility index (Phi) is 6.28. The second-order valence-electron chi connectivity index (χ2n) is 5.50. The summed E-state index contributed by atoms with van der Waals surface area (Å²) in [5.74, 6) is 0.117. The van der Waals surface area contributed by atoms with E-state index in [9.17, 15) is 9.59 Å². The van der Waals surface area contributed by atoms with Gasteiger partial charge in [0.05, 0.1) is 5.41 Å². The minimum atomic E-state index is -0.438. The molecule has 4 N–H and O–H groups in total. The number of carbonyl (C=O) groups is 2. The van der Waals surface area contributed by atoms with Crippen LogP contribution in [0.4, 0.5) is 0 Å². The second kappa shape index (κ2) is 7.48. The van der Waals surface area contributed by atoms with E-state index in [4.69, 9.17) is 5.73 Å². The summed E-state index contributed by atoms with van der Waals surface area (Å²) in [4.78, 5) is 23.5. The zero-order chi connectivity index (χ0) is 14.3. The van der Waals surface area contributed by atoms with Gasteiger partial charge in [-0.2, -0.15) is 0 Å². The summed E-state index contributed by atoms with van der Waals surface area (Å²) >= 11 is 0. The largest absolute Gasteiger partial charge is 0.354 e. The first kappa shape index (κ1) is 16.0. The van der Waals surface area contributed by atoms with Crippen molar-refractivity contribution in [2.75, 3.05) is 13.1 Å². The molecule has 1 rings (SSSR count). The molecule has 5 heteroatoms. The van der Waals surface area contributed by atoms with Crippen LogP contribution >= 0.6 is 0 Å². The van der Waals surface area contributed by atoms with Gasteiger partial charge < -0.3 is 16.4 Å². The molecule has 1 heterocycles. The molecule has 0 aromatic heterocycles. The van der Waals surface area contributed by atoms with Gasteiger partial charge in [-0.25, -0.2) is 0 Å². The van der Waals surface area contributed by atoms with Crippen LogP contribution in [0, 0.1) is 5.41 Å². The molecule has 1 atom stereocenters. The van der Waals surface area contributed by atoms with E-state index in [0.717, 1.165) is 32.1 Å². The van der Waals surface area contributed by atoms with Crippen molar-refractivity contribution in [1.29, 1.82) is 0 Å². The molecule has 0 bridgehead atoms. The van der Waals surface area contributed by atoms with Crippen LogP contribution in [-0.2, 0) is 9.59 Å². The summed E-state index contributed by atoms with van der Waals surface area (Å²) in [5.41, 5.74) is 5.42. The summed E-state index contributed by atoms with van der Waals surface area (Å²) in [6, 6.07) is 0.0789. The molecule has 0 spiro atoms. The van der Waals surface area contributed by atoms with Crippen molar-refractivity contribution in [1.82, 2.24) is 10.6 Å². The minimum absolute atomic E-state index is 0.0415. The summed E-state index contributed by atoms with van der Waals surface area (Å²) < 4.78 is 0. The number of carbonyl (C=O) groups excluding carboxylic acids is 2. The first-order valence-corrected chi connectivity index (χ1v) is 7.35. The highest BCUT2D eigenvalue weighted by Gasteiger charge is 2.35. The van der Waals surface area contributed by atoms with Crippen LogP contribution < -0.4 is 16.4 Å². The van der Waals surface area contributed by atoms with Gasteiger partial charge in [-0.05, 0) is 19.3 Å². The van der Waals surface area contributed by atoms with Gasteiger partial charge in [-0.3, -0.25) is 9.59 Å². The normalized spacial score (nSPS) is 19.3. The lowest BCUT2D eigenvalue weighted by molar-refractivity contribution is -0.131. The van der Waals surface area contributed by atoms with E-state index in [1.165, 1.54) is 0 Å². The third-order valence-electron chi connectivity index (χ3n) is 3.92. The van der Waals surface area contributed by atoms with E-state index in [-0.39, 0.29) is 17.9 Å². The Balaban J connectivity index is 2.53. The molecule has 1 unspecified atom stereocenters. The highest BCUT2D eigenvalue weighted by atomic mass is 16.2. The van der Waals surface area contributed by atoms with E-state index in [1.54, 1.807) is 0 Å². The highest BCUT2D eigenvalue weighted by Crippen LogP contribution is 2.29. The molecule has 19 heavy (non-hydrogen) atoms. The number of nitrogens with two attached hydrogens (primary N) is 1. The van der Waals surface area contributed by atoms with Crippen molar-refractivity contribution in [2.45, 2.75) is 58.4 Å². The van der Waals surface area contributed by atoms with Gasteiger partial charge >= 0.3 is 0 Å². The third-order valence-corrected chi connectivity index (χ3v) is 3.92. The van der Waals surface area contributed by atoms with Crippen molar-refractivity contribution in [3.8, 4) is 0 Å². The van der Waals surface area contributed by atoms with E-state index in [0.29, 0.717) is 19.5 Å². The molecule has 110 valence electrons. The third kappa shape index (κ3) is 4.20. The first-order chi connectivity index (χ1) is 9.07. The average Bonchev–Trinajstić information content (AvgIpc) is 2.81. The van der Waals surface area contributed by atoms with Crippen LogP contribution in [0.5, 0.6) is 0 Å². The van der Waals surface area contributed by atoms with E-state index in [2.05, 4.69) is 24.5 Å². The maximum Gasteiger partial charge on any atom is 0.227 e. The zero-order valence-electron chi connectivity index (χ0n) is 12.1. The Morgan fingerprint density at radius 2 is 2.05 bits per heavy atom. The lowest BCUT2D eigenvalue weighted by Gasteiger charge is -2.31. The lowest BCUT2D eigenvalue weighted by atomic mass is 9.78. The fraction of sp³-hybridized carbons (Fsp3) is 0.857. The van der Waals surface area contributed by atoms with Crippen LogP contribution in [0.3, 0.4) is 0 Å². The molecule has 0 saturated carbocycles. The van der Waals surface area contributed by atoms with Crippen LogP contribution in [0.25, 0.3) is 0 Å². The molecule has 0 aromatic rings. The molecule has 1 fully saturated rings. The number of hydrogen-bond acceptors (Lipinski definition) is 3. The van der Waals surface area contributed by atoms with Crippen molar-refractivity contribution in [3.63, 3.8) is 0 Å². The maximum absolute atomic E-state index is 12.4. The molecular weight excluding hydrogens is 242 g/mol. The number of rotatable bonds is 8. The monoisotopic (exact) mass is 269 g/mol. The first-order valence-electron chi connectivity index (χ1n) is 7.35. The van der Waals surface area contributed by atoms with Gasteiger partial charge in [-0.15, -0.1) is 0 Å². The summed E-state index contributed by atoms with van der Waals surface area (Å²) in [6.07, 6.45) is 4.90. The standard InChI is InChI=1S/C14H27N3O2/c1-3-7-14(10-15,8-4-2)13(19)16-9-11-5-6-12(18)17-11/h11H,3-10,15H2,1-2H3,(H,16,19)(H,17,18). The topological polar surface area (TPSA) is 84.2 Å².